The molecule has 1 aromatic heterocycles. The van der Waals surface area contributed by atoms with Crippen LogP contribution in [0.5, 0.6) is 0 Å². The lowest BCUT2D eigenvalue weighted by Gasteiger charge is -2.20. The molecule has 0 atom stereocenters. The van der Waals surface area contributed by atoms with Gasteiger partial charge in [0.05, 0.1) is 11.4 Å². The lowest BCUT2D eigenvalue weighted by Crippen LogP contribution is -2.34. The van der Waals surface area contributed by atoms with Crippen LogP contribution >= 0.6 is 11.3 Å². The Kier molecular flexibility index (Phi) is 7.30. The molecule has 1 saturated heterocycles. The first-order chi connectivity index (χ1) is 14.2. The van der Waals surface area contributed by atoms with Gasteiger partial charge in [-0.2, -0.15) is 8.61 Å². The lowest BCUT2D eigenvalue weighted by atomic mass is 10.2. The summed E-state index contributed by atoms with van der Waals surface area (Å²) in [6.07, 6.45) is 3.78. The van der Waals surface area contributed by atoms with E-state index in [1.807, 2.05) is 0 Å². The van der Waals surface area contributed by atoms with E-state index >= 15 is 0 Å². The topological polar surface area (TPSA) is 104 Å². The number of hydrogen-bond donors (Lipinski definition) is 1. The van der Waals surface area contributed by atoms with E-state index in [2.05, 4.69) is 5.32 Å². The molecule has 0 spiro atoms. The van der Waals surface area contributed by atoms with Gasteiger partial charge in [-0.1, -0.05) is 18.9 Å². The molecule has 1 aliphatic heterocycles. The molecule has 2 aromatic rings. The van der Waals surface area contributed by atoms with Gasteiger partial charge in [-0.15, -0.1) is 11.3 Å². The van der Waals surface area contributed by atoms with Gasteiger partial charge in [-0.25, -0.2) is 16.8 Å². The molecule has 30 heavy (non-hydrogen) atoms. The normalized spacial score (nSPS) is 16.3. The van der Waals surface area contributed by atoms with Crippen LogP contribution in [0.3, 0.4) is 0 Å². The maximum absolute atomic E-state index is 12.8. The van der Waals surface area contributed by atoms with Crippen LogP contribution in [0.2, 0.25) is 0 Å². The average molecular weight is 472 g/mol. The zero-order chi connectivity index (χ0) is 21.8. The van der Waals surface area contributed by atoms with E-state index in [0.29, 0.717) is 18.8 Å². The zero-order valence-electron chi connectivity index (χ0n) is 16.7. The fourth-order valence-corrected chi connectivity index (χ4v) is 7.04. The van der Waals surface area contributed by atoms with Gasteiger partial charge >= 0.3 is 0 Å². The summed E-state index contributed by atoms with van der Waals surface area (Å²) in [5.41, 5.74) is 0.400. The Morgan fingerprint density at radius 2 is 1.67 bits per heavy atom. The fourth-order valence-electron chi connectivity index (χ4n) is 3.19. The summed E-state index contributed by atoms with van der Waals surface area (Å²) in [4.78, 5) is 12.4. The van der Waals surface area contributed by atoms with Crippen molar-refractivity contribution in [3.05, 3.63) is 41.8 Å². The molecule has 1 N–H and O–H groups in total. The van der Waals surface area contributed by atoms with Crippen LogP contribution < -0.4 is 5.32 Å². The van der Waals surface area contributed by atoms with E-state index in [1.54, 1.807) is 11.4 Å². The Morgan fingerprint density at radius 1 is 1.03 bits per heavy atom. The van der Waals surface area contributed by atoms with Gasteiger partial charge < -0.3 is 5.32 Å². The summed E-state index contributed by atoms with van der Waals surface area (Å²) in [6.45, 7) is 0.686. The quantitative estimate of drug-likeness (QED) is 0.668. The van der Waals surface area contributed by atoms with Crippen molar-refractivity contribution in [1.82, 2.24) is 8.61 Å². The third kappa shape index (κ3) is 5.27. The highest BCUT2D eigenvalue weighted by Gasteiger charge is 2.26. The molecule has 1 aliphatic rings. The second-order valence-corrected chi connectivity index (χ2v) is 12.2. The fraction of sp³-hybridized carbons (Fsp3) is 0.421. The molecule has 0 aliphatic carbocycles. The van der Waals surface area contributed by atoms with Crippen LogP contribution in [0.4, 0.5) is 5.69 Å². The Morgan fingerprint density at radius 3 is 2.23 bits per heavy atom. The standard InChI is InChI=1S/C19H25N3O5S3/c1-21(30(26,27)19-7-6-14-28-19)15-18(23)20-16-8-10-17(11-9-16)29(24,25)22-12-4-2-3-5-13-22/h6-11,14H,2-5,12-13,15H2,1H3,(H,20,23). The minimum Gasteiger partial charge on any atom is -0.325 e. The van der Waals surface area contributed by atoms with Crippen molar-refractivity contribution in [2.75, 3.05) is 32.0 Å². The Hall–Kier alpha value is -1.79. The lowest BCUT2D eigenvalue weighted by molar-refractivity contribution is -0.116. The zero-order valence-corrected chi connectivity index (χ0v) is 19.1. The number of hydrogen-bond acceptors (Lipinski definition) is 6. The monoisotopic (exact) mass is 471 g/mol. The second-order valence-electron chi connectivity index (χ2n) is 7.08. The molecular weight excluding hydrogens is 446 g/mol. The van der Waals surface area contributed by atoms with Crippen molar-refractivity contribution in [3.8, 4) is 0 Å². The molecule has 0 saturated carbocycles. The van der Waals surface area contributed by atoms with Crippen molar-refractivity contribution >= 4 is 43.0 Å². The molecule has 0 radical (unpaired) electrons. The Bertz CT molecular complexity index is 1060. The van der Waals surface area contributed by atoms with E-state index in [9.17, 15) is 21.6 Å². The number of thiophene rings is 1. The largest absolute Gasteiger partial charge is 0.325 e. The van der Waals surface area contributed by atoms with Crippen molar-refractivity contribution in [2.45, 2.75) is 34.8 Å². The number of nitrogens with one attached hydrogen (secondary N) is 1. The van der Waals surface area contributed by atoms with Crippen molar-refractivity contribution in [3.63, 3.8) is 0 Å². The van der Waals surface area contributed by atoms with Crippen LogP contribution in [0.25, 0.3) is 0 Å². The predicted octanol–water partition coefficient (Wildman–Crippen LogP) is 2.57. The number of likely N-dealkylation sites (N-methyl/N-ethyl adjacent to an activating group) is 1. The van der Waals surface area contributed by atoms with E-state index in [1.165, 1.54) is 41.7 Å². The minimum absolute atomic E-state index is 0.167. The van der Waals surface area contributed by atoms with E-state index in [-0.39, 0.29) is 15.6 Å². The maximum Gasteiger partial charge on any atom is 0.252 e. The summed E-state index contributed by atoms with van der Waals surface area (Å²) in [6, 6.07) is 9.06. The molecule has 0 unspecified atom stereocenters. The molecule has 1 aromatic carbocycles. The van der Waals surface area contributed by atoms with Crippen LogP contribution in [0, 0.1) is 0 Å². The smallest absolute Gasteiger partial charge is 0.252 e. The molecule has 1 fully saturated rings. The first-order valence-electron chi connectivity index (χ1n) is 9.61. The van der Waals surface area contributed by atoms with Gasteiger partial charge in [-0.05, 0) is 48.6 Å². The number of carbonyl (C=O) groups excluding carboxylic acids is 1. The van der Waals surface area contributed by atoms with Gasteiger partial charge in [0.25, 0.3) is 10.0 Å². The number of sulfonamides is 2. The Labute approximate surface area is 181 Å². The van der Waals surface area contributed by atoms with Gasteiger partial charge in [0, 0.05) is 25.8 Å². The number of benzene rings is 1. The predicted molar refractivity (Wildman–Crippen MR) is 116 cm³/mol. The molecule has 8 nitrogen and oxygen atoms in total. The average Bonchev–Trinajstić information content (AvgIpc) is 3.11. The van der Waals surface area contributed by atoms with Crippen LogP contribution in [0.1, 0.15) is 25.7 Å². The molecule has 164 valence electrons. The molecule has 11 heteroatoms. The van der Waals surface area contributed by atoms with Crippen molar-refractivity contribution < 1.29 is 21.6 Å². The third-order valence-electron chi connectivity index (χ3n) is 4.87. The molecule has 0 bridgehead atoms. The molecule has 3 rings (SSSR count). The highest BCUT2D eigenvalue weighted by molar-refractivity contribution is 7.91. The van der Waals surface area contributed by atoms with Crippen LogP contribution in [-0.2, 0) is 24.8 Å². The summed E-state index contributed by atoms with van der Waals surface area (Å²) >= 11 is 1.08. The molecule has 2 heterocycles. The SMILES string of the molecule is CN(CC(=O)Nc1ccc(S(=O)(=O)N2CCCCCC2)cc1)S(=O)(=O)c1cccs1. The summed E-state index contributed by atoms with van der Waals surface area (Å²) < 4.78 is 53.1. The van der Waals surface area contributed by atoms with E-state index < -0.39 is 26.0 Å². The Balaban J connectivity index is 1.63. The summed E-state index contributed by atoms with van der Waals surface area (Å²) in [5.74, 6) is -0.513. The molecule has 1 amide bonds. The summed E-state index contributed by atoms with van der Waals surface area (Å²) in [7, 11) is -5.94. The number of anilines is 1. The number of rotatable bonds is 7. The highest BCUT2D eigenvalue weighted by Crippen LogP contribution is 2.22. The first kappa shape index (κ1) is 22.9. The van der Waals surface area contributed by atoms with Gasteiger partial charge in [0.15, 0.2) is 0 Å². The van der Waals surface area contributed by atoms with Gasteiger partial charge in [-0.3, -0.25) is 4.79 Å². The van der Waals surface area contributed by atoms with Gasteiger partial charge in [0.2, 0.25) is 15.9 Å². The van der Waals surface area contributed by atoms with Gasteiger partial charge in [0.1, 0.15) is 4.21 Å². The second kappa shape index (κ2) is 9.56. The van der Waals surface area contributed by atoms with Crippen LogP contribution in [0.15, 0.2) is 50.9 Å². The number of carbonyl (C=O) groups is 1. The number of nitrogens with zero attached hydrogens (tertiary/aromatic N) is 2. The summed E-state index contributed by atoms with van der Waals surface area (Å²) in [5, 5.41) is 4.26. The highest BCUT2D eigenvalue weighted by atomic mass is 32.2. The van der Waals surface area contributed by atoms with Crippen LogP contribution in [-0.4, -0.2) is 58.0 Å². The third-order valence-corrected chi connectivity index (χ3v) is 9.96. The minimum atomic E-state index is -3.72. The first-order valence-corrected chi connectivity index (χ1v) is 13.4. The maximum atomic E-state index is 12.8. The van der Waals surface area contributed by atoms with Crippen molar-refractivity contribution in [2.24, 2.45) is 0 Å². The van der Waals surface area contributed by atoms with E-state index in [4.69, 9.17) is 0 Å². The number of amides is 1. The van der Waals surface area contributed by atoms with Crippen molar-refractivity contribution in [1.29, 1.82) is 0 Å². The van der Waals surface area contributed by atoms with E-state index in [0.717, 1.165) is 41.3 Å². The molecular formula is C19H25N3O5S3.